The van der Waals surface area contributed by atoms with Crippen LogP contribution < -0.4 is 0 Å². The van der Waals surface area contributed by atoms with E-state index in [0.717, 1.165) is 6.42 Å². The molecule has 0 aliphatic carbocycles. The Bertz CT molecular complexity index is 535. The minimum Gasteiger partial charge on any atom is -0.207 e. The first-order chi connectivity index (χ1) is 8.43. The highest BCUT2D eigenvalue weighted by molar-refractivity contribution is 9.09. The Hall–Kier alpha value is -0.460. The summed E-state index contributed by atoms with van der Waals surface area (Å²) in [5.74, 6) is -0.265. The number of hydrogen-bond acceptors (Lipinski definition) is 2. The lowest BCUT2D eigenvalue weighted by Crippen LogP contribution is -2.43. The van der Waals surface area contributed by atoms with Crippen LogP contribution in [0.15, 0.2) is 29.2 Å². The molecule has 1 aliphatic heterocycles. The topological polar surface area (TPSA) is 37.4 Å². The third-order valence-corrected chi connectivity index (χ3v) is 6.37. The molecule has 0 saturated carbocycles. The van der Waals surface area contributed by atoms with Crippen molar-refractivity contribution in [2.24, 2.45) is 5.92 Å². The second kappa shape index (κ2) is 5.27. The molecule has 0 radical (unpaired) electrons. The van der Waals surface area contributed by atoms with Gasteiger partial charge in [0, 0.05) is 17.9 Å². The zero-order chi connectivity index (χ0) is 13.3. The van der Waals surface area contributed by atoms with E-state index >= 15 is 0 Å². The predicted octanol–water partition coefficient (Wildman–Crippen LogP) is 2.62. The number of hydrogen-bond donors (Lipinski definition) is 0. The first kappa shape index (κ1) is 14.0. The first-order valence-corrected chi connectivity index (χ1v) is 8.17. The molecule has 1 aliphatic rings. The molecule has 1 fully saturated rings. The zero-order valence-electron chi connectivity index (χ0n) is 10.0. The SMILES string of the molecule is CC1CCN(S(=O)(=O)c2ccccc2F)CC1Br. The van der Waals surface area contributed by atoms with E-state index in [2.05, 4.69) is 22.9 Å². The predicted molar refractivity (Wildman–Crippen MR) is 71.7 cm³/mol. The molecule has 18 heavy (non-hydrogen) atoms. The zero-order valence-corrected chi connectivity index (χ0v) is 12.4. The third kappa shape index (κ3) is 2.60. The molecule has 2 unspecified atom stereocenters. The van der Waals surface area contributed by atoms with Gasteiger partial charge in [0.2, 0.25) is 10.0 Å². The molecule has 1 aromatic rings. The van der Waals surface area contributed by atoms with Gasteiger partial charge in [0.15, 0.2) is 0 Å². The van der Waals surface area contributed by atoms with E-state index in [0.29, 0.717) is 19.0 Å². The van der Waals surface area contributed by atoms with Crippen LogP contribution in [0.4, 0.5) is 4.39 Å². The van der Waals surface area contributed by atoms with Crippen molar-refractivity contribution in [3.63, 3.8) is 0 Å². The van der Waals surface area contributed by atoms with E-state index < -0.39 is 15.8 Å². The van der Waals surface area contributed by atoms with Crippen LogP contribution in [0.1, 0.15) is 13.3 Å². The fraction of sp³-hybridized carbons (Fsp3) is 0.500. The fourth-order valence-electron chi connectivity index (χ4n) is 2.01. The number of nitrogens with zero attached hydrogens (tertiary/aromatic N) is 1. The molecular weight excluding hydrogens is 321 g/mol. The van der Waals surface area contributed by atoms with Gasteiger partial charge in [-0.25, -0.2) is 12.8 Å². The molecule has 6 heteroatoms. The maximum Gasteiger partial charge on any atom is 0.246 e. The standard InChI is InChI=1S/C12H15BrFNO2S/c1-9-6-7-15(8-10(9)13)18(16,17)12-5-3-2-4-11(12)14/h2-5,9-10H,6-8H2,1H3. The second-order valence-electron chi connectivity index (χ2n) is 4.58. The van der Waals surface area contributed by atoms with Crippen LogP contribution in [0.2, 0.25) is 0 Å². The van der Waals surface area contributed by atoms with Crippen LogP contribution in [0.5, 0.6) is 0 Å². The summed E-state index contributed by atoms with van der Waals surface area (Å²) in [5.41, 5.74) is 0. The van der Waals surface area contributed by atoms with Gasteiger partial charge in [-0.2, -0.15) is 4.31 Å². The molecule has 1 heterocycles. The summed E-state index contributed by atoms with van der Waals surface area (Å²) in [6.45, 7) is 2.91. The highest BCUT2D eigenvalue weighted by Gasteiger charge is 2.33. The quantitative estimate of drug-likeness (QED) is 0.779. The Balaban J connectivity index is 2.30. The van der Waals surface area contributed by atoms with E-state index in [1.54, 1.807) is 0 Å². The minimum absolute atomic E-state index is 0.118. The Labute approximate surface area is 115 Å². The Morgan fingerprint density at radius 1 is 1.39 bits per heavy atom. The van der Waals surface area contributed by atoms with Crippen LogP contribution in [0.3, 0.4) is 0 Å². The maximum atomic E-state index is 13.6. The van der Waals surface area contributed by atoms with Gasteiger partial charge in [-0.1, -0.05) is 35.0 Å². The fourth-order valence-corrected chi connectivity index (χ4v) is 4.36. The van der Waals surface area contributed by atoms with Gasteiger partial charge in [0.25, 0.3) is 0 Å². The Morgan fingerprint density at radius 3 is 2.67 bits per heavy atom. The van der Waals surface area contributed by atoms with E-state index in [1.807, 2.05) is 0 Å². The van der Waals surface area contributed by atoms with E-state index in [4.69, 9.17) is 0 Å². The highest BCUT2D eigenvalue weighted by atomic mass is 79.9. The molecule has 0 spiro atoms. The molecule has 2 atom stereocenters. The van der Waals surface area contributed by atoms with E-state index in [-0.39, 0.29) is 9.72 Å². The van der Waals surface area contributed by atoms with Crippen molar-refractivity contribution in [1.29, 1.82) is 0 Å². The summed E-state index contributed by atoms with van der Waals surface area (Å²) < 4.78 is 39.6. The largest absolute Gasteiger partial charge is 0.246 e. The molecule has 0 amide bonds. The average molecular weight is 336 g/mol. The molecule has 1 saturated heterocycles. The van der Waals surface area contributed by atoms with Crippen molar-refractivity contribution < 1.29 is 12.8 Å². The lowest BCUT2D eigenvalue weighted by Gasteiger charge is -2.33. The Kier molecular flexibility index (Phi) is 4.08. The third-order valence-electron chi connectivity index (χ3n) is 3.28. The molecule has 0 bridgehead atoms. The smallest absolute Gasteiger partial charge is 0.207 e. The van der Waals surface area contributed by atoms with Gasteiger partial charge < -0.3 is 0 Å². The van der Waals surface area contributed by atoms with Crippen molar-refractivity contribution in [3.8, 4) is 0 Å². The molecule has 1 aromatic carbocycles. The average Bonchev–Trinajstić information content (AvgIpc) is 2.33. The summed E-state index contributed by atoms with van der Waals surface area (Å²) in [6.07, 6.45) is 0.781. The molecule has 100 valence electrons. The first-order valence-electron chi connectivity index (χ1n) is 5.81. The van der Waals surface area contributed by atoms with Crippen molar-refractivity contribution in [1.82, 2.24) is 4.31 Å². The number of piperidine rings is 1. The lowest BCUT2D eigenvalue weighted by atomic mass is 10.0. The van der Waals surface area contributed by atoms with Crippen molar-refractivity contribution in [2.45, 2.75) is 23.1 Å². The lowest BCUT2D eigenvalue weighted by molar-refractivity contribution is 0.299. The molecule has 3 nitrogen and oxygen atoms in total. The van der Waals surface area contributed by atoms with Crippen molar-refractivity contribution in [2.75, 3.05) is 13.1 Å². The number of rotatable bonds is 2. The molecule has 2 rings (SSSR count). The summed E-state index contributed by atoms with van der Waals surface area (Å²) in [4.78, 5) is -0.118. The summed E-state index contributed by atoms with van der Waals surface area (Å²) in [6, 6.07) is 5.51. The number of halogens is 2. The second-order valence-corrected chi connectivity index (χ2v) is 7.66. The highest BCUT2D eigenvalue weighted by Crippen LogP contribution is 2.28. The van der Waals surface area contributed by atoms with Gasteiger partial charge in [0.1, 0.15) is 10.7 Å². The summed E-state index contributed by atoms with van der Waals surface area (Å²) >= 11 is 3.48. The molecule has 0 N–H and O–H groups in total. The van der Waals surface area contributed by atoms with Gasteiger partial charge in [-0.3, -0.25) is 0 Å². The minimum atomic E-state index is -3.72. The van der Waals surface area contributed by atoms with Crippen molar-refractivity contribution in [3.05, 3.63) is 30.1 Å². The Morgan fingerprint density at radius 2 is 2.06 bits per heavy atom. The van der Waals surface area contributed by atoms with Gasteiger partial charge in [0.05, 0.1) is 0 Å². The monoisotopic (exact) mass is 335 g/mol. The maximum absolute atomic E-state index is 13.6. The summed E-state index contributed by atoms with van der Waals surface area (Å²) in [7, 11) is -3.72. The van der Waals surface area contributed by atoms with E-state index in [9.17, 15) is 12.8 Å². The molecular formula is C12H15BrFNO2S. The number of sulfonamides is 1. The normalized spacial score (nSPS) is 26.2. The van der Waals surface area contributed by atoms with Crippen LogP contribution >= 0.6 is 15.9 Å². The van der Waals surface area contributed by atoms with Gasteiger partial charge in [-0.05, 0) is 24.5 Å². The summed E-state index contributed by atoms with van der Waals surface area (Å²) in [5, 5.41) is 0. The van der Waals surface area contributed by atoms with Crippen LogP contribution in [-0.2, 0) is 10.0 Å². The van der Waals surface area contributed by atoms with Crippen molar-refractivity contribution >= 4 is 26.0 Å². The number of alkyl halides is 1. The van der Waals surface area contributed by atoms with Crippen LogP contribution in [0.25, 0.3) is 0 Å². The van der Waals surface area contributed by atoms with Gasteiger partial charge in [-0.15, -0.1) is 0 Å². The number of benzene rings is 1. The van der Waals surface area contributed by atoms with E-state index in [1.165, 1.54) is 28.6 Å². The van der Waals surface area contributed by atoms with Gasteiger partial charge >= 0.3 is 0 Å². The van der Waals surface area contributed by atoms with Crippen LogP contribution in [-0.4, -0.2) is 30.6 Å². The molecule has 0 aromatic heterocycles. The van der Waals surface area contributed by atoms with Crippen LogP contribution in [0, 0.1) is 11.7 Å².